The van der Waals surface area contributed by atoms with E-state index >= 15 is 0 Å². The number of rotatable bonds is 0. The van der Waals surface area contributed by atoms with Gasteiger partial charge in [0.25, 0.3) is 0 Å². The fraction of sp³-hybridized carbons (Fsp3) is 0.857. The van der Waals surface area contributed by atoms with Crippen LogP contribution in [0.15, 0.2) is 0 Å². The number of carbonyl (C=O) groups is 1. The van der Waals surface area contributed by atoms with Crippen LogP contribution in [0.1, 0.15) is 25.7 Å². The fourth-order valence-corrected chi connectivity index (χ4v) is 1.89. The van der Waals surface area contributed by atoms with Gasteiger partial charge in [0.2, 0.25) is 0 Å². The van der Waals surface area contributed by atoms with Crippen LogP contribution < -0.4 is 0 Å². The standard InChI is InChI=1S/C7H12OS/c8-7-4-2-1-3-5-9-6-7/h1-6H2. The van der Waals surface area contributed by atoms with Gasteiger partial charge >= 0.3 is 0 Å². The van der Waals surface area contributed by atoms with Crippen molar-refractivity contribution in [1.29, 1.82) is 0 Å². The molecule has 0 radical (unpaired) electrons. The Morgan fingerprint density at radius 1 is 1.22 bits per heavy atom. The van der Waals surface area contributed by atoms with Crippen molar-refractivity contribution >= 4 is 17.5 Å². The summed E-state index contributed by atoms with van der Waals surface area (Å²) < 4.78 is 0. The highest BCUT2D eigenvalue weighted by atomic mass is 32.2. The lowest BCUT2D eigenvalue weighted by molar-refractivity contribution is -0.116. The molecule has 0 amide bonds. The molecule has 1 aliphatic heterocycles. The van der Waals surface area contributed by atoms with E-state index in [-0.39, 0.29) is 0 Å². The minimum atomic E-state index is 0.444. The highest BCUT2D eigenvalue weighted by Crippen LogP contribution is 2.13. The predicted molar refractivity (Wildman–Crippen MR) is 40.8 cm³/mol. The number of carbonyl (C=O) groups excluding carboxylic acids is 1. The molecule has 1 saturated heterocycles. The number of hydrogen-bond acceptors (Lipinski definition) is 2. The summed E-state index contributed by atoms with van der Waals surface area (Å²) in [6.07, 6.45) is 4.50. The van der Waals surface area contributed by atoms with Gasteiger partial charge in [0.15, 0.2) is 0 Å². The first-order chi connectivity index (χ1) is 4.39. The summed E-state index contributed by atoms with van der Waals surface area (Å²) in [5.74, 6) is 2.39. The number of Topliss-reactive ketones (excluding diaryl/α,β-unsaturated/α-hetero) is 1. The molecule has 2 heteroatoms. The molecule has 1 heterocycles. The molecule has 0 unspecified atom stereocenters. The van der Waals surface area contributed by atoms with Crippen LogP contribution in [-0.2, 0) is 4.79 Å². The molecule has 9 heavy (non-hydrogen) atoms. The highest BCUT2D eigenvalue weighted by Gasteiger charge is 2.04. The maximum absolute atomic E-state index is 10.8. The molecule has 1 fully saturated rings. The second-order valence-corrected chi connectivity index (χ2v) is 3.51. The molecular weight excluding hydrogens is 132 g/mol. The third-order valence-electron chi connectivity index (χ3n) is 1.51. The first-order valence-corrected chi connectivity index (χ1v) is 4.64. The third-order valence-corrected chi connectivity index (χ3v) is 2.61. The first kappa shape index (κ1) is 7.13. The van der Waals surface area contributed by atoms with Gasteiger partial charge in [0.1, 0.15) is 5.78 Å². The summed E-state index contributed by atoms with van der Waals surface area (Å²) in [5.41, 5.74) is 0. The van der Waals surface area contributed by atoms with Crippen LogP contribution in [0.3, 0.4) is 0 Å². The van der Waals surface area contributed by atoms with E-state index in [0.717, 1.165) is 18.6 Å². The summed E-state index contributed by atoms with van der Waals surface area (Å²) in [5, 5.41) is 0. The molecule has 0 atom stereocenters. The Labute approximate surface area is 60.2 Å². The lowest BCUT2D eigenvalue weighted by Crippen LogP contribution is -2.04. The van der Waals surface area contributed by atoms with E-state index in [1.54, 1.807) is 11.8 Å². The molecule has 1 aliphatic rings. The zero-order valence-electron chi connectivity index (χ0n) is 5.56. The Balaban J connectivity index is 2.20. The van der Waals surface area contributed by atoms with Crippen molar-refractivity contribution in [1.82, 2.24) is 0 Å². The molecule has 1 rings (SSSR count). The second-order valence-electron chi connectivity index (χ2n) is 2.40. The van der Waals surface area contributed by atoms with Gasteiger partial charge in [-0.15, -0.1) is 0 Å². The minimum absolute atomic E-state index is 0.444. The quantitative estimate of drug-likeness (QED) is 0.516. The number of ketones is 1. The smallest absolute Gasteiger partial charge is 0.142 e. The molecule has 0 saturated carbocycles. The zero-order valence-corrected chi connectivity index (χ0v) is 6.38. The van der Waals surface area contributed by atoms with Crippen LogP contribution in [-0.4, -0.2) is 17.3 Å². The molecule has 0 aromatic rings. The lowest BCUT2D eigenvalue weighted by Gasteiger charge is -2.05. The molecule has 0 bridgehead atoms. The zero-order chi connectivity index (χ0) is 6.53. The maximum atomic E-state index is 10.8. The van der Waals surface area contributed by atoms with Crippen molar-refractivity contribution in [3.8, 4) is 0 Å². The Kier molecular flexibility index (Phi) is 3.12. The maximum Gasteiger partial charge on any atom is 0.142 e. The Bertz CT molecular complexity index is 91.1. The van der Waals surface area contributed by atoms with E-state index in [0.29, 0.717) is 5.78 Å². The van der Waals surface area contributed by atoms with Gasteiger partial charge in [-0.25, -0.2) is 0 Å². The van der Waals surface area contributed by atoms with Crippen LogP contribution in [0.2, 0.25) is 0 Å². The van der Waals surface area contributed by atoms with Gasteiger partial charge in [-0.05, 0) is 18.6 Å². The topological polar surface area (TPSA) is 17.1 Å². The van der Waals surface area contributed by atoms with Gasteiger partial charge in [0.05, 0.1) is 5.75 Å². The molecule has 52 valence electrons. The third kappa shape index (κ3) is 2.89. The highest BCUT2D eigenvalue weighted by molar-refractivity contribution is 7.99. The van der Waals surface area contributed by atoms with Crippen LogP contribution in [0.4, 0.5) is 0 Å². The lowest BCUT2D eigenvalue weighted by atomic mass is 10.1. The van der Waals surface area contributed by atoms with E-state index in [1.807, 2.05) is 0 Å². The summed E-state index contributed by atoms with van der Waals surface area (Å²) in [4.78, 5) is 10.8. The van der Waals surface area contributed by atoms with E-state index in [2.05, 4.69) is 0 Å². The summed E-state index contributed by atoms with van der Waals surface area (Å²) in [7, 11) is 0. The van der Waals surface area contributed by atoms with Crippen molar-refractivity contribution in [3.63, 3.8) is 0 Å². The van der Waals surface area contributed by atoms with Crippen molar-refractivity contribution in [3.05, 3.63) is 0 Å². The van der Waals surface area contributed by atoms with Crippen LogP contribution in [0, 0.1) is 0 Å². The second kappa shape index (κ2) is 3.94. The van der Waals surface area contributed by atoms with Crippen LogP contribution in [0.5, 0.6) is 0 Å². The number of thioether (sulfide) groups is 1. The van der Waals surface area contributed by atoms with Gasteiger partial charge in [-0.3, -0.25) is 4.79 Å². The van der Waals surface area contributed by atoms with Crippen LogP contribution in [0.25, 0.3) is 0 Å². The molecule has 1 nitrogen and oxygen atoms in total. The first-order valence-electron chi connectivity index (χ1n) is 3.49. The minimum Gasteiger partial charge on any atom is -0.299 e. The summed E-state index contributed by atoms with van der Waals surface area (Å²) in [6, 6.07) is 0. The summed E-state index contributed by atoms with van der Waals surface area (Å²) in [6.45, 7) is 0. The average Bonchev–Trinajstić information content (AvgIpc) is 1.79. The molecule has 0 aromatic heterocycles. The Hall–Kier alpha value is 0.0200. The van der Waals surface area contributed by atoms with Gasteiger partial charge in [-0.1, -0.05) is 6.42 Å². The SMILES string of the molecule is O=C1CCCCCSC1. The van der Waals surface area contributed by atoms with E-state index in [9.17, 15) is 4.79 Å². The Morgan fingerprint density at radius 2 is 2.11 bits per heavy atom. The van der Waals surface area contributed by atoms with E-state index in [4.69, 9.17) is 0 Å². The van der Waals surface area contributed by atoms with Gasteiger partial charge in [-0.2, -0.15) is 11.8 Å². The predicted octanol–water partition coefficient (Wildman–Crippen LogP) is 1.86. The molecule has 0 aliphatic carbocycles. The van der Waals surface area contributed by atoms with Crippen molar-refractivity contribution in [2.24, 2.45) is 0 Å². The number of hydrogen-bond donors (Lipinski definition) is 0. The van der Waals surface area contributed by atoms with Crippen molar-refractivity contribution < 1.29 is 4.79 Å². The van der Waals surface area contributed by atoms with E-state index < -0.39 is 0 Å². The molecular formula is C7H12OS. The van der Waals surface area contributed by atoms with Crippen LogP contribution >= 0.6 is 11.8 Å². The average molecular weight is 144 g/mol. The van der Waals surface area contributed by atoms with Crippen molar-refractivity contribution in [2.45, 2.75) is 25.7 Å². The largest absolute Gasteiger partial charge is 0.299 e. The fourth-order valence-electron chi connectivity index (χ4n) is 0.961. The molecule has 0 N–H and O–H groups in total. The summed E-state index contributed by atoms with van der Waals surface area (Å²) >= 11 is 1.79. The molecule has 0 aromatic carbocycles. The Morgan fingerprint density at radius 3 is 3.00 bits per heavy atom. The van der Waals surface area contributed by atoms with E-state index in [1.165, 1.54) is 18.6 Å². The van der Waals surface area contributed by atoms with Gasteiger partial charge in [0, 0.05) is 6.42 Å². The normalized spacial score (nSPS) is 22.9. The van der Waals surface area contributed by atoms with Gasteiger partial charge < -0.3 is 0 Å². The van der Waals surface area contributed by atoms with Crippen molar-refractivity contribution in [2.75, 3.05) is 11.5 Å². The molecule has 0 spiro atoms. The monoisotopic (exact) mass is 144 g/mol.